The molecular formula is C13H9ClF2. The standard InChI is InChI=1S/C13H9ClF2/c14-12-3-1-2-11(8-12)9-4-6-10(7-5-9)13(15)16/h1-8,13H. The molecule has 0 aliphatic rings. The van der Waals surface area contributed by atoms with E-state index in [2.05, 4.69) is 0 Å². The molecule has 0 atom stereocenters. The minimum absolute atomic E-state index is 0.0331. The van der Waals surface area contributed by atoms with Gasteiger partial charge in [0.05, 0.1) is 0 Å². The molecule has 82 valence electrons. The highest BCUT2D eigenvalue weighted by molar-refractivity contribution is 6.30. The number of halogens is 3. The molecule has 0 bridgehead atoms. The van der Waals surface area contributed by atoms with E-state index < -0.39 is 6.43 Å². The molecule has 3 heteroatoms. The van der Waals surface area contributed by atoms with Gasteiger partial charge >= 0.3 is 0 Å². The van der Waals surface area contributed by atoms with E-state index in [1.165, 1.54) is 12.1 Å². The fraction of sp³-hybridized carbons (Fsp3) is 0.0769. The van der Waals surface area contributed by atoms with Crippen molar-refractivity contribution in [3.8, 4) is 11.1 Å². The van der Waals surface area contributed by atoms with Crippen LogP contribution in [0, 0.1) is 0 Å². The molecule has 2 rings (SSSR count). The zero-order chi connectivity index (χ0) is 11.5. The molecule has 0 radical (unpaired) electrons. The Labute approximate surface area is 97.5 Å². The highest BCUT2D eigenvalue weighted by atomic mass is 35.5. The van der Waals surface area contributed by atoms with Crippen LogP contribution in [0.3, 0.4) is 0 Å². The molecule has 0 heterocycles. The maximum Gasteiger partial charge on any atom is 0.263 e. The molecule has 0 amide bonds. The minimum atomic E-state index is -2.42. The van der Waals surface area contributed by atoms with Gasteiger partial charge in [0.25, 0.3) is 6.43 Å². The van der Waals surface area contributed by atoms with Crippen molar-refractivity contribution in [2.45, 2.75) is 6.43 Å². The van der Waals surface area contributed by atoms with E-state index in [0.717, 1.165) is 11.1 Å². The first-order valence-corrected chi connectivity index (χ1v) is 5.18. The third-order valence-electron chi connectivity index (χ3n) is 2.32. The molecular weight excluding hydrogens is 230 g/mol. The van der Waals surface area contributed by atoms with Crippen LogP contribution in [0.5, 0.6) is 0 Å². The van der Waals surface area contributed by atoms with Crippen LogP contribution in [0.25, 0.3) is 11.1 Å². The smallest absolute Gasteiger partial charge is 0.205 e. The van der Waals surface area contributed by atoms with Gasteiger partial charge in [-0.3, -0.25) is 0 Å². The molecule has 0 fully saturated rings. The highest BCUT2D eigenvalue weighted by Crippen LogP contribution is 2.25. The molecule has 0 nitrogen and oxygen atoms in total. The topological polar surface area (TPSA) is 0 Å². The maximum atomic E-state index is 12.3. The molecule has 0 saturated heterocycles. The third-order valence-corrected chi connectivity index (χ3v) is 2.56. The van der Waals surface area contributed by atoms with Gasteiger partial charge in [0.15, 0.2) is 0 Å². The van der Waals surface area contributed by atoms with Gasteiger partial charge < -0.3 is 0 Å². The Morgan fingerprint density at radius 1 is 0.875 bits per heavy atom. The Kier molecular flexibility index (Phi) is 3.20. The van der Waals surface area contributed by atoms with Crippen LogP contribution in [0.4, 0.5) is 8.78 Å². The van der Waals surface area contributed by atoms with Crippen LogP contribution in [0.1, 0.15) is 12.0 Å². The Bertz CT molecular complexity index is 478. The predicted molar refractivity (Wildman–Crippen MR) is 61.8 cm³/mol. The lowest BCUT2D eigenvalue weighted by molar-refractivity contribution is 0.151. The second kappa shape index (κ2) is 4.62. The highest BCUT2D eigenvalue weighted by Gasteiger charge is 2.06. The Morgan fingerprint density at radius 3 is 2.12 bits per heavy atom. The van der Waals surface area contributed by atoms with Gasteiger partial charge in [-0.1, -0.05) is 48.0 Å². The lowest BCUT2D eigenvalue weighted by Crippen LogP contribution is -1.84. The maximum absolute atomic E-state index is 12.3. The normalized spacial score (nSPS) is 10.8. The summed E-state index contributed by atoms with van der Waals surface area (Å²) in [6, 6.07) is 13.5. The summed E-state index contributed by atoms with van der Waals surface area (Å²) >= 11 is 5.86. The zero-order valence-corrected chi connectivity index (χ0v) is 9.09. The van der Waals surface area contributed by atoms with Gasteiger partial charge in [-0.05, 0) is 23.3 Å². The largest absolute Gasteiger partial charge is 0.263 e. The summed E-state index contributed by atoms with van der Waals surface area (Å²) in [7, 11) is 0. The quantitative estimate of drug-likeness (QED) is 0.695. The minimum Gasteiger partial charge on any atom is -0.205 e. The Hall–Kier alpha value is -1.41. The van der Waals surface area contributed by atoms with Crippen LogP contribution >= 0.6 is 11.6 Å². The average Bonchev–Trinajstić information content (AvgIpc) is 2.29. The Balaban J connectivity index is 2.35. The second-order valence-electron chi connectivity index (χ2n) is 3.43. The first kappa shape index (κ1) is 11.1. The number of hydrogen-bond acceptors (Lipinski definition) is 0. The number of hydrogen-bond donors (Lipinski definition) is 0. The molecule has 2 aromatic rings. The van der Waals surface area contributed by atoms with Crippen LogP contribution in [-0.2, 0) is 0 Å². The third kappa shape index (κ3) is 2.39. The number of benzene rings is 2. The summed E-state index contributed by atoms with van der Waals surface area (Å²) in [5, 5.41) is 0.635. The molecule has 0 spiro atoms. The molecule has 2 aromatic carbocycles. The molecule has 0 aliphatic carbocycles. The van der Waals surface area contributed by atoms with Gasteiger partial charge in [0.1, 0.15) is 0 Å². The summed E-state index contributed by atoms with van der Waals surface area (Å²) in [6.07, 6.45) is -2.42. The van der Waals surface area contributed by atoms with Crippen molar-refractivity contribution in [3.63, 3.8) is 0 Å². The van der Waals surface area contributed by atoms with E-state index in [9.17, 15) is 8.78 Å². The molecule has 0 aliphatic heterocycles. The number of rotatable bonds is 2. The van der Waals surface area contributed by atoms with Crippen molar-refractivity contribution in [1.29, 1.82) is 0 Å². The van der Waals surface area contributed by atoms with E-state index in [1.807, 2.05) is 12.1 Å². The predicted octanol–water partition coefficient (Wildman–Crippen LogP) is 4.94. The van der Waals surface area contributed by atoms with Gasteiger partial charge in [0.2, 0.25) is 0 Å². The first-order valence-electron chi connectivity index (χ1n) is 4.81. The van der Waals surface area contributed by atoms with E-state index in [-0.39, 0.29) is 5.56 Å². The van der Waals surface area contributed by atoms with Crippen molar-refractivity contribution in [2.24, 2.45) is 0 Å². The van der Waals surface area contributed by atoms with Crippen LogP contribution in [-0.4, -0.2) is 0 Å². The molecule has 0 aromatic heterocycles. The van der Waals surface area contributed by atoms with Gasteiger partial charge in [-0.2, -0.15) is 0 Å². The van der Waals surface area contributed by atoms with Gasteiger partial charge in [0, 0.05) is 10.6 Å². The number of alkyl halides is 2. The SMILES string of the molecule is FC(F)c1ccc(-c2cccc(Cl)c2)cc1. The van der Waals surface area contributed by atoms with E-state index in [1.54, 1.807) is 24.3 Å². The van der Waals surface area contributed by atoms with Crippen LogP contribution in [0.15, 0.2) is 48.5 Å². The Morgan fingerprint density at radius 2 is 1.56 bits per heavy atom. The van der Waals surface area contributed by atoms with Gasteiger partial charge in [-0.15, -0.1) is 0 Å². The second-order valence-corrected chi connectivity index (χ2v) is 3.87. The lowest BCUT2D eigenvalue weighted by atomic mass is 10.0. The van der Waals surface area contributed by atoms with Crippen molar-refractivity contribution < 1.29 is 8.78 Å². The summed E-state index contributed by atoms with van der Waals surface area (Å²) < 4.78 is 24.7. The first-order chi connectivity index (χ1) is 7.66. The summed E-state index contributed by atoms with van der Waals surface area (Å²) in [4.78, 5) is 0. The average molecular weight is 239 g/mol. The summed E-state index contributed by atoms with van der Waals surface area (Å²) in [6.45, 7) is 0. The molecule has 0 unspecified atom stereocenters. The van der Waals surface area contributed by atoms with Crippen molar-refractivity contribution in [3.05, 3.63) is 59.1 Å². The van der Waals surface area contributed by atoms with Crippen molar-refractivity contribution >= 4 is 11.6 Å². The van der Waals surface area contributed by atoms with Crippen molar-refractivity contribution in [1.82, 2.24) is 0 Å². The zero-order valence-electron chi connectivity index (χ0n) is 8.33. The fourth-order valence-electron chi connectivity index (χ4n) is 1.49. The molecule has 0 saturated carbocycles. The van der Waals surface area contributed by atoms with E-state index >= 15 is 0 Å². The molecule has 0 N–H and O–H groups in total. The lowest BCUT2D eigenvalue weighted by Gasteiger charge is -2.04. The van der Waals surface area contributed by atoms with E-state index in [4.69, 9.17) is 11.6 Å². The van der Waals surface area contributed by atoms with Crippen molar-refractivity contribution in [2.75, 3.05) is 0 Å². The van der Waals surface area contributed by atoms with Crippen LogP contribution in [0.2, 0.25) is 5.02 Å². The van der Waals surface area contributed by atoms with E-state index in [0.29, 0.717) is 5.02 Å². The van der Waals surface area contributed by atoms with Crippen LogP contribution < -0.4 is 0 Å². The monoisotopic (exact) mass is 238 g/mol. The summed E-state index contributed by atoms with van der Waals surface area (Å²) in [5.41, 5.74) is 1.84. The fourth-order valence-corrected chi connectivity index (χ4v) is 1.68. The summed E-state index contributed by atoms with van der Waals surface area (Å²) in [5.74, 6) is 0. The molecule has 16 heavy (non-hydrogen) atoms. The van der Waals surface area contributed by atoms with Gasteiger partial charge in [-0.25, -0.2) is 8.78 Å².